The highest BCUT2D eigenvalue weighted by molar-refractivity contribution is 5.86. The maximum absolute atomic E-state index is 13.7. The van der Waals surface area contributed by atoms with E-state index in [1.165, 1.54) is 0 Å². The van der Waals surface area contributed by atoms with Crippen molar-refractivity contribution in [2.24, 2.45) is 11.8 Å². The van der Waals surface area contributed by atoms with E-state index in [-0.39, 0.29) is 49.8 Å². The maximum atomic E-state index is 13.7. The molecule has 4 aromatic carbocycles. The number of carbonyl (C=O) groups excluding carboxylic acids is 3. The lowest BCUT2D eigenvalue weighted by atomic mass is 9.94. The van der Waals surface area contributed by atoms with Crippen LogP contribution in [0.3, 0.4) is 0 Å². The second-order valence-corrected chi connectivity index (χ2v) is 13.2. The van der Waals surface area contributed by atoms with Gasteiger partial charge in [-0.25, -0.2) is 0 Å². The molecule has 0 saturated heterocycles. The van der Waals surface area contributed by atoms with Gasteiger partial charge in [-0.3, -0.25) is 14.4 Å². The Labute approximate surface area is 313 Å². The van der Waals surface area contributed by atoms with E-state index in [0.717, 1.165) is 40.8 Å². The summed E-state index contributed by atoms with van der Waals surface area (Å²) in [5.74, 6) is -1.38. The molecule has 0 aromatic heterocycles. The Morgan fingerprint density at radius 1 is 0.717 bits per heavy atom. The maximum Gasteiger partial charge on any atom is 0.309 e. The number of hydrogen-bond donors (Lipinski definition) is 3. The molecule has 278 valence electrons. The number of unbranched alkanes of at least 4 members (excludes halogenated alkanes) is 1. The van der Waals surface area contributed by atoms with Gasteiger partial charge < -0.3 is 25.2 Å². The van der Waals surface area contributed by atoms with Crippen molar-refractivity contribution in [3.05, 3.63) is 163 Å². The molecule has 0 aliphatic carbocycles. The molecule has 4 aromatic rings. The minimum Gasteiger partial charge on any atom is -0.489 e. The fraction of sp³-hybridized carbons (Fsp3) is 0.311. The molecule has 0 aliphatic rings. The van der Waals surface area contributed by atoms with Gasteiger partial charge >= 0.3 is 5.97 Å². The molecule has 4 rings (SSSR count). The number of nitrogens with one attached hydrogen (secondary N) is 2. The number of rotatable bonds is 23. The fourth-order valence-corrected chi connectivity index (χ4v) is 6.09. The van der Waals surface area contributed by atoms with Crippen LogP contribution in [0.1, 0.15) is 60.4 Å². The zero-order chi connectivity index (χ0) is 37.7. The number of ether oxygens (including phenoxy) is 2. The van der Waals surface area contributed by atoms with Gasteiger partial charge in [0.25, 0.3) is 0 Å². The number of carbonyl (C=O) groups is 3. The van der Waals surface area contributed by atoms with Crippen molar-refractivity contribution in [2.75, 3.05) is 13.2 Å². The number of aliphatic hydroxyl groups is 1. The summed E-state index contributed by atoms with van der Waals surface area (Å²) < 4.78 is 11.8. The summed E-state index contributed by atoms with van der Waals surface area (Å²) in [6, 6.07) is 35.5. The van der Waals surface area contributed by atoms with Crippen LogP contribution < -0.4 is 15.4 Å². The van der Waals surface area contributed by atoms with E-state index in [4.69, 9.17) is 9.47 Å². The van der Waals surface area contributed by atoms with Crippen LogP contribution in [-0.4, -0.2) is 42.1 Å². The zero-order valence-electron chi connectivity index (χ0n) is 30.4. The third-order valence-corrected chi connectivity index (χ3v) is 9.02. The number of hydrogen-bond acceptors (Lipinski definition) is 6. The van der Waals surface area contributed by atoms with Gasteiger partial charge in [-0.05, 0) is 72.9 Å². The van der Waals surface area contributed by atoms with Crippen LogP contribution >= 0.6 is 0 Å². The van der Waals surface area contributed by atoms with Gasteiger partial charge in [0.15, 0.2) is 0 Å². The summed E-state index contributed by atoms with van der Waals surface area (Å²) in [7, 11) is 0. The van der Waals surface area contributed by atoms with Crippen molar-refractivity contribution in [1.82, 2.24) is 10.6 Å². The van der Waals surface area contributed by atoms with Gasteiger partial charge in [0, 0.05) is 6.42 Å². The molecule has 3 N–H and O–H groups in total. The second-order valence-electron chi connectivity index (χ2n) is 13.2. The van der Waals surface area contributed by atoms with E-state index in [1.54, 1.807) is 6.08 Å². The molecule has 0 heterocycles. The first kappa shape index (κ1) is 40.3. The van der Waals surface area contributed by atoms with Crippen LogP contribution in [0.2, 0.25) is 0 Å². The molecule has 0 fully saturated rings. The van der Waals surface area contributed by atoms with Crippen LogP contribution in [0, 0.1) is 11.8 Å². The predicted octanol–water partition coefficient (Wildman–Crippen LogP) is 7.48. The molecule has 0 radical (unpaired) electrons. The first-order valence-electron chi connectivity index (χ1n) is 18.3. The number of allylic oxidation sites excluding steroid dienone is 2. The molecule has 0 saturated carbocycles. The molecule has 0 spiro atoms. The van der Waals surface area contributed by atoms with Gasteiger partial charge in [0.1, 0.15) is 19.0 Å². The van der Waals surface area contributed by atoms with Gasteiger partial charge in [-0.1, -0.05) is 115 Å². The van der Waals surface area contributed by atoms with E-state index in [0.29, 0.717) is 25.9 Å². The molecular weight excluding hydrogens is 665 g/mol. The number of amides is 2. The standard InChI is InChI=1S/C45H52N2O6/c1-3-5-9-23-39(28-34-17-10-6-11-18-34)45(51)53-33-42(37-21-14-8-15-22-37)47-44(50)38(16-4-2)30-43(49)46-40(31-48)29-35-24-26-41(27-25-35)52-32-36-19-12-7-13-20-36/h3-4,6-8,10-15,17-22,24-27,38-40,42,48H,1-2,5,9,16,23,28-33H2,(H,46,49)(H,47,50)/t38-,39+,40-,42-/m0/s1. The molecule has 0 bridgehead atoms. The quantitative estimate of drug-likeness (QED) is 0.0417. The van der Waals surface area contributed by atoms with Crippen LogP contribution in [0.5, 0.6) is 5.75 Å². The monoisotopic (exact) mass is 716 g/mol. The third kappa shape index (κ3) is 14.2. The van der Waals surface area contributed by atoms with Gasteiger partial charge in [-0.2, -0.15) is 0 Å². The van der Waals surface area contributed by atoms with Crippen molar-refractivity contribution in [1.29, 1.82) is 0 Å². The van der Waals surface area contributed by atoms with Crippen molar-refractivity contribution in [2.45, 2.75) is 63.6 Å². The molecule has 8 heteroatoms. The number of esters is 1. The average Bonchev–Trinajstić information content (AvgIpc) is 3.19. The lowest BCUT2D eigenvalue weighted by Crippen LogP contribution is -2.42. The van der Waals surface area contributed by atoms with E-state index in [9.17, 15) is 19.5 Å². The first-order valence-corrected chi connectivity index (χ1v) is 18.3. The minimum absolute atomic E-state index is 0.0585. The summed E-state index contributed by atoms with van der Waals surface area (Å²) in [6.45, 7) is 7.73. The SMILES string of the molecule is C=CCCC[C@H](Cc1ccccc1)C(=O)OC[C@H](NC(=O)[C@@H](CC=C)CC(=O)N[C@H](CO)Cc1ccc(OCc2ccccc2)cc1)c1ccccc1. The highest BCUT2D eigenvalue weighted by atomic mass is 16.5. The lowest BCUT2D eigenvalue weighted by molar-refractivity contribution is -0.150. The summed E-state index contributed by atoms with van der Waals surface area (Å²) in [6.07, 6.45) is 6.84. The summed E-state index contributed by atoms with van der Waals surface area (Å²) in [5.41, 5.74) is 3.82. The molecule has 0 unspecified atom stereocenters. The molecule has 8 nitrogen and oxygen atoms in total. The highest BCUT2D eigenvalue weighted by Crippen LogP contribution is 2.22. The summed E-state index contributed by atoms with van der Waals surface area (Å²) >= 11 is 0. The summed E-state index contributed by atoms with van der Waals surface area (Å²) in [5, 5.41) is 16.0. The Hall–Kier alpha value is -5.47. The van der Waals surface area contributed by atoms with E-state index in [2.05, 4.69) is 23.8 Å². The van der Waals surface area contributed by atoms with Gasteiger partial charge in [0.05, 0.1) is 30.5 Å². The van der Waals surface area contributed by atoms with Crippen LogP contribution in [-0.2, 0) is 38.6 Å². The fourth-order valence-electron chi connectivity index (χ4n) is 6.09. The van der Waals surface area contributed by atoms with E-state index in [1.807, 2.05) is 121 Å². The number of aliphatic hydroxyl groups excluding tert-OH is 1. The Morgan fingerprint density at radius 2 is 1.34 bits per heavy atom. The highest BCUT2D eigenvalue weighted by Gasteiger charge is 2.27. The average molecular weight is 717 g/mol. The molecular formula is C45H52N2O6. The molecule has 4 atom stereocenters. The Morgan fingerprint density at radius 3 is 1.96 bits per heavy atom. The normalized spacial score (nSPS) is 13.1. The van der Waals surface area contributed by atoms with Gasteiger partial charge in [0.2, 0.25) is 11.8 Å². The minimum atomic E-state index is -0.723. The molecule has 2 amide bonds. The largest absolute Gasteiger partial charge is 0.489 e. The first-order chi connectivity index (χ1) is 25.9. The summed E-state index contributed by atoms with van der Waals surface area (Å²) in [4.78, 5) is 40.4. The smallest absolute Gasteiger partial charge is 0.309 e. The Balaban J connectivity index is 1.34. The predicted molar refractivity (Wildman–Crippen MR) is 209 cm³/mol. The number of benzene rings is 4. The van der Waals surface area contributed by atoms with E-state index < -0.39 is 18.0 Å². The molecule has 0 aliphatic heterocycles. The zero-order valence-corrected chi connectivity index (χ0v) is 30.4. The topological polar surface area (TPSA) is 114 Å². The van der Waals surface area contributed by atoms with Crippen molar-refractivity contribution >= 4 is 17.8 Å². The molecule has 53 heavy (non-hydrogen) atoms. The van der Waals surface area contributed by atoms with Crippen LogP contribution in [0.25, 0.3) is 0 Å². The Kier molecular flexibility index (Phi) is 17.1. The lowest BCUT2D eigenvalue weighted by Gasteiger charge is -2.24. The van der Waals surface area contributed by atoms with Crippen molar-refractivity contribution < 1.29 is 29.0 Å². The van der Waals surface area contributed by atoms with Crippen LogP contribution in [0.4, 0.5) is 0 Å². The van der Waals surface area contributed by atoms with Crippen molar-refractivity contribution in [3.8, 4) is 5.75 Å². The van der Waals surface area contributed by atoms with Gasteiger partial charge in [-0.15, -0.1) is 13.2 Å². The van der Waals surface area contributed by atoms with E-state index >= 15 is 0 Å². The third-order valence-electron chi connectivity index (χ3n) is 9.02. The van der Waals surface area contributed by atoms with Crippen molar-refractivity contribution in [3.63, 3.8) is 0 Å². The van der Waals surface area contributed by atoms with Crippen LogP contribution in [0.15, 0.2) is 141 Å². The Bertz CT molecular complexity index is 1700. The second kappa shape index (κ2) is 22.5.